The van der Waals surface area contributed by atoms with Gasteiger partial charge in [-0.15, -0.1) is 0 Å². The molecule has 36 heavy (non-hydrogen) atoms. The zero-order valence-corrected chi connectivity index (χ0v) is 18.4. The van der Waals surface area contributed by atoms with Crippen molar-refractivity contribution >= 4 is 11.9 Å². The molecule has 0 spiro atoms. The molecule has 2 aromatic heterocycles. The summed E-state index contributed by atoms with van der Waals surface area (Å²) in [4.78, 5) is 24.2. The fourth-order valence-electron chi connectivity index (χ4n) is 3.44. The van der Waals surface area contributed by atoms with E-state index in [1.807, 2.05) is 24.3 Å². The Morgan fingerprint density at radius 3 is 2.11 bits per heavy atom. The van der Waals surface area contributed by atoms with Crippen LogP contribution in [-0.2, 0) is 20.9 Å². The van der Waals surface area contributed by atoms with Crippen LogP contribution in [0.5, 0.6) is 5.75 Å². The van der Waals surface area contributed by atoms with E-state index in [1.165, 1.54) is 0 Å². The topological polar surface area (TPSA) is 122 Å². The monoisotopic (exact) mass is 528 g/mol. The first-order valence-corrected chi connectivity index (χ1v) is 10.3. The number of ether oxygens (including phenoxy) is 2. The van der Waals surface area contributed by atoms with Crippen LogP contribution in [0.4, 0.5) is 26.3 Å². The summed E-state index contributed by atoms with van der Waals surface area (Å²) < 4.78 is 80.8. The normalized spacial score (nSPS) is 21.4. The molecule has 0 amide bonds. The van der Waals surface area contributed by atoms with Crippen molar-refractivity contribution in [2.24, 2.45) is 11.8 Å². The van der Waals surface area contributed by atoms with Gasteiger partial charge in [-0.2, -0.15) is 26.3 Å². The first kappa shape index (κ1) is 28.9. The fraction of sp³-hybridized carbons (Fsp3) is 0.476. The highest BCUT2D eigenvalue weighted by molar-refractivity contribution is 5.73. The van der Waals surface area contributed by atoms with E-state index in [0.717, 1.165) is 37.8 Å². The number of carbonyl (C=O) groups is 2. The van der Waals surface area contributed by atoms with Gasteiger partial charge < -0.3 is 24.1 Å². The number of carboxylic acids is 2. The number of hydrogen-bond acceptors (Lipinski definition) is 7. The molecule has 2 aliphatic rings. The summed E-state index contributed by atoms with van der Waals surface area (Å²) in [5, 5.41) is 14.2. The maximum Gasteiger partial charge on any atom is 0.490 e. The van der Waals surface area contributed by atoms with Gasteiger partial charge in [-0.05, 0) is 24.3 Å². The van der Waals surface area contributed by atoms with Crippen molar-refractivity contribution in [3.8, 4) is 5.75 Å². The second-order valence-electron chi connectivity index (χ2n) is 7.67. The van der Waals surface area contributed by atoms with Crippen LogP contribution in [0.2, 0.25) is 0 Å². The van der Waals surface area contributed by atoms with Crippen LogP contribution < -0.4 is 4.74 Å². The van der Waals surface area contributed by atoms with Crippen LogP contribution in [0.25, 0.3) is 0 Å². The van der Waals surface area contributed by atoms with Crippen LogP contribution in [0.15, 0.2) is 47.3 Å². The molecule has 2 N–H and O–H groups in total. The Bertz CT molecular complexity index is 930. The molecule has 15 heteroatoms. The van der Waals surface area contributed by atoms with E-state index in [2.05, 4.69) is 9.88 Å². The first-order valence-electron chi connectivity index (χ1n) is 10.3. The van der Waals surface area contributed by atoms with E-state index in [4.69, 9.17) is 33.7 Å². The largest absolute Gasteiger partial charge is 0.493 e. The summed E-state index contributed by atoms with van der Waals surface area (Å²) in [5.41, 5.74) is 0. The Labute approximate surface area is 200 Å². The molecule has 2 aliphatic heterocycles. The van der Waals surface area contributed by atoms with Gasteiger partial charge in [0.1, 0.15) is 11.5 Å². The quantitative estimate of drug-likeness (QED) is 0.562. The number of rotatable bonds is 5. The van der Waals surface area contributed by atoms with E-state index < -0.39 is 24.3 Å². The van der Waals surface area contributed by atoms with Crippen molar-refractivity contribution in [3.63, 3.8) is 0 Å². The Kier molecular flexibility index (Phi) is 10.1. The number of halogens is 6. The molecule has 0 bridgehead atoms. The minimum Gasteiger partial charge on any atom is -0.493 e. The minimum atomic E-state index is -5.08. The highest BCUT2D eigenvalue weighted by Crippen LogP contribution is 2.34. The van der Waals surface area contributed by atoms with E-state index in [1.54, 1.807) is 18.7 Å². The molecular formula is C21H22F6N2O7. The molecule has 4 rings (SSSR count). The van der Waals surface area contributed by atoms with Crippen molar-refractivity contribution < 1.29 is 60.0 Å². The van der Waals surface area contributed by atoms with Gasteiger partial charge in [0.25, 0.3) is 0 Å². The SMILES string of the molecule is O=C(O)C(F)(F)F.O=C(O)C(F)(F)F.c1coc(CN2C[C@@H]3[C@H](COc4ccncc4)CO[C@@H]3C2)c1. The number of nitrogens with zero attached hydrogens (tertiary/aromatic N) is 2. The Balaban J connectivity index is 0.000000271. The zero-order chi connectivity index (χ0) is 26.9. The number of aliphatic carboxylic acids is 2. The third kappa shape index (κ3) is 9.37. The average Bonchev–Trinajstić information content (AvgIpc) is 3.51. The molecule has 200 valence electrons. The first-order chi connectivity index (χ1) is 16.8. The third-order valence-corrected chi connectivity index (χ3v) is 5.07. The number of hydrogen-bond donors (Lipinski definition) is 2. The summed E-state index contributed by atoms with van der Waals surface area (Å²) in [6, 6.07) is 7.75. The molecule has 9 nitrogen and oxygen atoms in total. The molecular weight excluding hydrogens is 506 g/mol. The molecule has 0 unspecified atom stereocenters. The third-order valence-electron chi connectivity index (χ3n) is 5.07. The van der Waals surface area contributed by atoms with E-state index >= 15 is 0 Å². The van der Waals surface area contributed by atoms with Gasteiger partial charge in [-0.3, -0.25) is 9.88 Å². The molecule has 0 aliphatic carbocycles. The Morgan fingerprint density at radius 2 is 1.61 bits per heavy atom. The molecule has 3 atom stereocenters. The summed E-state index contributed by atoms with van der Waals surface area (Å²) in [7, 11) is 0. The fourth-order valence-corrected chi connectivity index (χ4v) is 3.44. The molecule has 0 saturated carbocycles. The summed E-state index contributed by atoms with van der Waals surface area (Å²) in [6.45, 7) is 4.41. The maximum atomic E-state index is 10.6. The predicted octanol–water partition coefficient (Wildman–Crippen LogP) is 3.47. The molecule has 0 radical (unpaired) electrons. The number of furan rings is 1. The maximum absolute atomic E-state index is 10.6. The van der Waals surface area contributed by atoms with Crippen molar-refractivity contribution in [2.75, 3.05) is 26.3 Å². The smallest absolute Gasteiger partial charge is 0.490 e. The van der Waals surface area contributed by atoms with E-state index in [0.29, 0.717) is 24.5 Å². The van der Waals surface area contributed by atoms with Gasteiger partial charge in [-0.25, -0.2) is 9.59 Å². The number of likely N-dealkylation sites (tertiary alicyclic amines) is 1. The number of pyridine rings is 1. The van der Waals surface area contributed by atoms with Crippen molar-refractivity contribution in [1.29, 1.82) is 0 Å². The van der Waals surface area contributed by atoms with Gasteiger partial charge in [-0.1, -0.05) is 0 Å². The van der Waals surface area contributed by atoms with Gasteiger partial charge in [0.15, 0.2) is 0 Å². The Morgan fingerprint density at radius 1 is 1.03 bits per heavy atom. The zero-order valence-electron chi connectivity index (χ0n) is 18.4. The van der Waals surface area contributed by atoms with Crippen molar-refractivity contribution in [3.05, 3.63) is 48.7 Å². The van der Waals surface area contributed by atoms with Crippen LogP contribution in [-0.4, -0.2) is 76.8 Å². The second kappa shape index (κ2) is 12.6. The number of fused-ring (bicyclic) bond motifs is 1. The summed E-state index contributed by atoms with van der Waals surface area (Å²) in [5.74, 6) is -2.61. The molecule has 2 saturated heterocycles. The number of aromatic nitrogens is 1. The lowest BCUT2D eigenvalue weighted by Gasteiger charge is -2.19. The average molecular weight is 528 g/mol. The summed E-state index contributed by atoms with van der Waals surface area (Å²) in [6.07, 6.45) is -4.59. The van der Waals surface area contributed by atoms with Crippen LogP contribution in [0.3, 0.4) is 0 Å². The highest BCUT2D eigenvalue weighted by Gasteiger charge is 2.44. The van der Waals surface area contributed by atoms with Crippen LogP contribution >= 0.6 is 0 Å². The lowest BCUT2D eigenvalue weighted by Crippen LogP contribution is -2.26. The van der Waals surface area contributed by atoms with Crippen molar-refractivity contribution in [1.82, 2.24) is 9.88 Å². The lowest BCUT2D eigenvalue weighted by molar-refractivity contribution is -0.193. The van der Waals surface area contributed by atoms with Gasteiger partial charge in [0, 0.05) is 37.3 Å². The summed E-state index contributed by atoms with van der Waals surface area (Å²) >= 11 is 0. The van der Waals surface area contributed by atoms with Gasteiger partial charge in [0.2, 0.25) is 0 Å². The minimum absolute atomic E-state index is 0.334. The van der Waals surface area contributed by atoms with Crippen LogP contribution in [0, 0.1) is 11.8 Å². The Hall–Kier alpha value is -3.33. The lowest BCUT2D eigenvalue weighted by atomic mass is 9.94. The van der Waals surface area contributed by atoms with Gasteiger partial charge >= 0.3 is 24.3 Å². The van der Waals surface area contributed by atoms with Gasteiger partial charge in [0.05, 0.1) is 32.1 Å². The van der Waals surface area contributed by atoms with E-state index in [9.17, 15) is 26.3 Å². The van der Waals surface area contributed by atoms with Crippen molar-refractivity contribution in [2.45, 2.75) is 25.0 Å². The molecule has 0 aromatic carbocycles. The second-order valence-corrected chi connectivity index (χ2v) is 7.67. The molecule has 4 heterocycles. The molecule has 2 fully saturated rings. The van der Waals surface area contributed by atoms with Crippen LogP contribution in [0.1, 0.15) is 5.76 Å². The standard InChI is InChI=1S/C17H20N2O3.2C2HF3O2/c1-2-15(20-7-1)8-19-9-16-13(12-22-17(16)10-19)11-21-14-3-5-18-6-4-14;2*3-2(4,5)1(6)7/h1-7,13,16-17H,8-12H2;2*(H,6,7)/t13-,16-,17-;;/m1../s1. The molecule has 2 aromatic rings. The number of alkyl halides is 6. The highest BCUT2D eigenvalue weighted by atomic mass is 19.4. The predicted molar refractivity (Wildman–Crippen MR) is 108 cm³/mol. The number of carboxylic acid groups (broad SMARTS) is 2. The van der Waals surface area contributed by atoms with E-state index in [-0.39, 0.29) is 0 Å².